The molecule has 1 aromatic carbocycles. The minimum Gasteiger partial charge on any atom is -0.378 e. The van der Waals surface area contributed by atoms with Crippen LogP contribution in [-0.2, 0) is 4.74 Å². The van der Waals surface area contributed by atoms with Gasteiger partial charge in [0.15, 0.2) is 11.3 Å². The molecule has 0 atom stereocenters. The van der Waals surface area contributed by atoms with E-state index in [2.05, 4.69) is 31.3 Å². The Morgan fingerprint density at radius 2 is 1.94 bits per heavy atom. The summed E-state index contributed by atoms with van der Waals surface area (Å²) in [5.74, 6) is 0.151. The molecule has 4 aromatic rings. The fraction of sp³-hybridized carbons (Fsp3) is 0.217. The number of nitrogens with zero attached hydrogens (tertiary/aromatic N) is 5. The number of carbonyl (C=O) groups is 1. The van der Waals surface area contributed by atoms with Gasteiger partial charge in [0.05, 0.1) is 30.8 Å². The van der Waals surface area contributed by atoms with E-state index in [9.17, 15) is 4.79 Å². The molecule has 0 unspecified atom stereocenters. The second-order valence-corrected chi connectivity index (χ2v) is 7.45. The summed E-state index contributed by atoms with van der Waals surface area (Å²) in [6, 6.07) is 15.5. The van der Waals surface area contributed by atoms with Crippen molar-refractivity contribution >= 4 is 23.1 Å². The second kappa shape index (κ2) is 8.16. The van der Waals surface area contributed by atoms with Gasteiger partial charge < -0.3 is 15.0 Å². The number of anilines is 2. The predicted octanol–water partition coefficient (Wildman–Crippen LogP) is 3.19. The number of hydrogen-bond donors (Lipinski definition) is 1. The van der Waals surface area contributed by atoms with E-state index < -0.39 is 0 Å². The monoisotopic (exact) mass is 414 g/mol. The Balaban J connectivity index is 1.37. The van der Waals surface area contributed by atoms with Gasteiger partial charge in [-0.25, -0.2) is 14.5 Å². The molecule has 4 heterocycles. The van der Waals surface area contributed by atoms with Gasteiger partial charge in [0.25, 0.3) is 5.91 Å². The molecule has 0 bridgehead atoms. The maximum atomic E-state index is 12.8. The maximum absolute atomic E-state index is 12.8. The number of pyridine rings is 1. The van der Waals surface area contributed by atoms with Gasteiger partial charge in [-0.3, -0.25) is 4.79 Å². The lowest BCUT2D eigenvalue weighted by atomic mass is 10.1. The standard InChI is InChI=1S/C23H22N6O2/c1-16-3-2-4-17(13-16)20-7-8-24-22-14-19(27-29(20)22)23(30)26-21-6-5-18(15-25-21)28-9-11-31-12-10-28/h2-8,13-15H,9-12H2,1H3,(H,25,26,30). The lowest BCUT2D eigenvalue weighted by Crippen LogP contribution is -2.36. The zero-order chi connectivity index (χ0) is 21.2. The van der Waals surface area contributed by atoms with Crippen LogP contribution >= 0.6 is 0 Å². The lowest BCUT2D eigenvalue weighted by molar-refractivity contribution is 0.102. The summed E-state index contributed by atoms with van der Waals surface area (Å²) in [5.41, 5.74) is 4.95. The van der Waals surface area contributed by atoms with Gasteiger partial charge in [-0.2, -0.15) is 5.10 Å². The lowest BCUT2D eigenvalue weighted by Gasteiger charge is -2.28. The van der Waals surface area contributed by atoms with Crippen molar-refractivity contribution in [2.24, 2.45) is 0 Å². The molecule has 1 fully saturated rings. The molecule has 8 heteroatoms. The van der Waals surface area contributed by atoms with Crippen LogP contribution in [-0.4, -0.2) is 51.8 Å². The number of morpholine rings is 1. The van der Waals surface area contributed by atoms with E-state index >= 15 is 0 Å². The first kappa shape index (κ1) is 19.2. The number of carbonyl (C=O) groups excluding carboxylic acids is 1. The third kappa shape index (κ3) is 3.97. The summed E-state index contributed by atoms with van der Waals surface area (Å²) >= 11 is 0. The minimum atomic E-state index is -0.327. The zero-order valence-corrected chi connectivity index (χ0v) is 17.2. The second-order valence-electron chi connectivity index (χ2n) is 7.45. The first-order chi connectivity index (χ1) is 15.2. The van der Waals surface area contributed by atoms with Crippen LogP contribution in [0.1, 0.15) is 16.1 Å². The molecule has 5 rings (SSSR count). The molecule has 8 nitrogen and oxygen atoms in total. The van der Waals surface area contributed by atoms with Crippen molar-refractivity contribution in [1.29, 1.82) is 0 Å². The molecule has 0 spiro atoms. The number of nitrogens with one attached hydrogen (secondary N) is 1. The highest BCUT2D eigenvalue weighted by Gasteiger charge is 2.16. The van der Waals surface area contributed by atoms with Crippen LogP contribution in [0.3, 0.4) is 0 Å². The molecule has 31 heavy (non-hydrogen) atoms. The molecule has 1 amide bonds. The van der Waals surface area contributed by atoms with E-state index in [1.54, 1.807) is 29.0 Å². The third-order valence-electron chi connectivity index (χ3n) is 5.27. The Hall–Kier alpha value is -3.78. The van der Waals surface area contributed by atoms with Crippen molar-refractivity contribution in [2.45, 2.75) is 6.92 Å². The molecule has 1 aliphatic rings. The summed E-state index contributed by atoms with van der Waals surface area (Å²) in [5, 5.41) is 7.32. The largest absolute Gasteiger partial charge is 0.378 e. The molecule has 3 aromatic heterocycles. The van der Waals surface area contributed by atoms with Crippen LogP contribution in [0.25, 0.3) is 16.9 Å². The van der Waals surface area contributed by atoms with Gasteiger partial charge >= 0.3 is 0 Å². The highest BCUT2D eigenvalue weighted by Crippen LogP contribution is 2.22. The Labute approximate surface area is 179 Å². The number of hydrogen-bond acceptors (Lipinski definition) is 6. The first-order valence-electron chi connectivity index (χ1n) is 10.2. The first-order valence-corrected chi connectivity index (χ1v) is 10.2. The Kier molecular flexibility index (Phi) is 5.05. The fourth-order valence-electron chi connectivity index (χ4n) is 3.68. The van der Waals surface area contributed by atoms with Crippen LogP contribution < -0.4 is 10.2 Å². The fourth-order valence-corrected chi connectivity index (χ4v) is 3.68. The summed E-state index contributed by atoms with van der Waals surface area (Å²) in [6.07, 6.45) is 3.49. The van der Waals surface area contributed by atoms with Crippen molar-refractivity contribution < 1.29 is 9.53 Å². The summed E-state index contributed by atoms with van der Waals surface area (Å²) in [7, 11) is 0. The van der Waals surface area contributed by atoms with Gasteiger partial charge in [-0.1, -0.05) is 23.8 Å². The van der Waals surface area contributed by atoms with Crippen LogP contribution in [0.5, 0.6) is 0 Å². The number of ether oxygens (including phenoxy) is 1. The zero-order valence-electron chi connectivity index (χ0n) is 17.2. The summed E-state index contributed by atoms with van der Waals surface area (Å²) in [6.45, 7) is 5.15. The molecule has 1 saturated heterocycles. The van der Waals surface area contributed by atoms with E-state index in [0.717, 1.165) is 35.6 Å². The van der Waals surface area contributed by atoms with Gasteiger partial charge in [0.2, 0.25) is 0 Å². The van der Waals surface area contributed by atoms with E-state index in [-0.39, 0.29) is 11.6 Å². The molecule has 1 N–H and O–H groups in total. The van der Waals surface area contributed by atoms with Crippen molar-refractivity contribution in [1.82, 2.24) is 19.6 Å². The van der Waals surface area contributed by atoms with E-state index in [0.29, 0.717) is 24.7 Å². The van der Waals surface area contributed by atoms with Crippen LogP contribution in [0, 0.1) is 6.92 Å². The van der Waals surface area contributed by atoms with Crippen LogP contribution in [0.15, 0.2) is 60.9 Å². The average molecular weight is 414 g/mol. The highest BCUT2D eigenvalue weighted by atomic mass is 16.5. The van der Waals surface area contributed by atoms with Crippen LogP contribution in [0.4, 0.5) is 11.5 Å². The average Bonchev–Trinajstić information content (AvgIpc) is 3.25. The number of rotatable bonds is 4. The van der Waals surface area contributed by atoms with Crippen molar-refractivity contribution in [2.75, 3.05) is 36.5 Å². The topological polar surface area (TPSA) is 84.7 Å². The van der Waals surface area contributed by atoms with Gasteiger partial charge in [0.1, 0.15) is 5.82 Å². The molecule has 1 aliphatic heterocycles. The quantitative estimate of drug-likeness (QED) is 0.552. The van der Waals surface area contributed by atoms with Gasteiger partial charge in [0, 0.05) is 30.9 Å². The highest BCUT2D eigenvalue weighted by molar-refractivity contribution is 6.03. The van der Waals surface area contributed by atoms with Gasteiger partial charge in [-0.15, -0.1) is 0 Å². The smallest absolute Gasteiger partial charge is 0.277 e. The molecular weight excluding hydrogens is 392 g/mol. The molecule has 0 saturated carbocycles. The van der Waals surface area contributed by atoms with Gasteiger partial charge in [-0.05, 0) is 31.2 Å². The van der Waals surface area contributed by atoms with Crippen molar-refractivity contribution in [3.8, 4) is 11.3 Å². The van der Waals surface area contributed by atoms with Crippen molar-refractivity contribution in [3.63, 3.8) is 0 Å². The molecule has 0 aliphatic carbocycles. The number of amides is 1. The van der Waals surface area contributed by atoms with E-state index in [1.807, 2.05) is 37.3 Å². The summed E-state index contributed by atoms with van der Waals surface area (Å²) < 4.78 is 7.07. The Bertz CT molecular complexity index is 1230. The number of benzene rings is 1. The Morgan fingerprint density at radius 3 is 2.71 bits per heavy atom. The molecular formula is C23H22N6O2. The summed E-state index contributed by atoms with van der Waals surface area (Å²) in [4.78, 5) is 23.7. The number of fused-ring (bicyclic) bond motifs is 1. The van der Waals surface area contributed by atoms with E-state index in [1.165, 1.54) is 0 Å². The predicted molar refractivity (Wildman–Crippen MR) is 118 cm³/mol. The van der Waals surface area contributed by atoms with Crippen LogP contribution in [0.2, 0.25) is 0 Å². The van der Waals surface area contributed by atoms with E-state index in [4.69, 9.17) is 4.74 Å². The normalized spacial score (nSPS) is 14.0. The van der Waals surface area contributed by atoms with Crippen molar-refractivity contribution in [3.05, 3.63) is 72.2 Å². The third-order valence-corrected chi connectivity index (χ3v) is 5.27. The minimum absolute atomic E-state index is 0.284. The number of aromatic nitrogens is 4. The molecule has 156 valence electrons. The SMILES string of the molecule is Cc1cccc(-c2ccnc3cc(C(=O)Nc4ccc(N5CCOCC5)cn4)nn23)c1. The number of aryl methyl sites for hydroxylation is 1. The molecule has 0 radical (unpaired) electrons. The Morgan fingerprint density at radius 1 is 1.06 bits per heavy atom. The maximum Gasteiger partial charge on any atom is 0.277 e.